The molecule has 6 heteroatoms. The van der Waals surface area contributed by atoms with Crippen LogP contribution >= 0.6 is 11.8 Å². The lowest BCUT2D eigenvalue weighted by atomic mass is 10.2. The molecule has 0 fully saturated rings. The number of nitrogens with two attached hydrogens (primary N) is 2. The number of nitrogen functional groups attached to an aromatic ring is 1. The molecular weight excluding hydrogens is 330 g/mol. The van der Waals surface area contributed by atoms with E-state index in [1.807, 2.05) is 0 Å². The molecule has 4 N–H and O–H groups in total. The molecule has 0 aliphatic carbocycles. The number of hydrogen-bond acceptors (Lipinski definition) is 3. The van der Waals surface area contributed by atoms with Crippen molar-refractivity contribution in [2.24, 2.45) is 5.73 Å². The van der Waals surface area contributed by atoms with Gasteiger partial charge in [-0.3, -0.25) is 4.79 Å². The second kappa shape index (κ2) is 8.31. The van der Waals surface area contributed by atoms with Gasteiger partial charge in [0.2, 0.25) is 5.91 Å². The van der Waals surface area contributed by atoms with E-state index in [0.717, 1.165) is 11.6 Å². The summed E-state index contributed by atoms with van der Waals surface area (Å²) in [6.45, 7) is 0. The molecular formula is C18H16F2N2OS. The first-order valence-electron chi connectivity index (χ1n) is 7.05. The van der Waals surface area contributed by atoms with Gasteiger partial charge in [-0.2, -0.15) is 0 Å². The van der Waals surface area contributed by atoms with E-state index in [1.54, 1.807) is 42.5 Å². The lowest BCUT2D eigenvalue weighted by molar-refractivity contribution is 0.100. The normalized spacial score (nSPS) is 10.1. The number of rotatable bonds is 4. The van der Waals surface area contributed by atoms with Crippen molar-refractivity contribution in [3.63, 3.8) is 0 Å². The Kier molecular flexibility index (Phi) is 6.14. The zero-order chi connectivity index (χ0) is 17.5. The van der Waals surface area contributed by atoms with E-state index in [0.29, 0.717) is 21.9 Å². The molecule has 0 heterocycles. The molecule has 1 amide bonds. The van der Waals surface area contributed by atoms with E-state index in [2.05, 4.69) is 0 Å². The molecule has 0 bridgehead atoms. The lowest BCUT2D eigenvalue weighted by Crippen LogP contribution is -2.10. The minimum Gasteiger partial charge on any atom is -0.399 e. The van der Waals surface area contributed by atoms with Gasteiger partial charge in [0.1, 0.15) is 11.6 Å². The fourth-order valence-corrected chi connectivity index (χ4v) is 2.81. The van der Waals surface area contributed by atoms with Crippen molar-refractivity contribution in [2.45, 2.75) is 10.6 Å². The summed E-state index contributed by atoms with van der Waals surface area (Å²) in [5, 5.41) is 0. The Morgan fingerprint density at radius 1 is 0.958 bits per heavy atom. The standard InChI is InChI=1S/C18H16F2N2OS/c19-14-8-15(20)10-17(9-14)24-11-12-5-6-16(21)4-2-1-3-13(7-12)18(22)23/h1-10H,11,21H2,(H2,22,23). The molecule has 124 valence electrons. The number of benzene rings is 1. The molecule has 0 aromatic heterocycles. The quantitative estimate of drug-likeness (QED) is 0.820. The van der Waals surface area contributed by atoms with E-state index >= 15 is 0 Å². The Balaban J connectivity index is 2.36. The third kappa shape index (κ3) is 5.55. The average Bonchev–Trinajstić information content (AvgIpc) is 2.51. The van der Waals surface area contributed by atoms with Gasteiger partial charge >= 0.3 is 0 Å². The van der Waals surface area contributed by atoms with Gasteiger partial charge < -0.3 is 11.5 Å². The van der Waals surface area contributed by atoms with Crippen LogP contribution < -0.4 is 11.5 Å². The smallest absolute Gasteiger partial charge is 0.248 e. The highest BCUT2D eigenvalue weighted by molar-refractivity contribution is 7.98. The second-order valence-corrected chi connectivity index (χ2v) is 6.03. The van der Waals surface area contributed by atoms with Crippen molar-refractivity contribution in [2.75, 3.05) is 5.73 Å². The summed E-state index contributed by atoms with van der Waals surface area (Å²) in [6, 6.07) is 15.0. The van der Waals surface area contributed by atoms with E-state index in [-0.39, 0.29) is 0 Å². The first-order chi connectivity index (χ1) is 11.4. The highest BCUT2D eigenvalue weighted by atomic mass is 32.2. The second-order valence-electron chi connectivity index (χ2n) is 4.98. The number of carbonyl (C=O) groups is 1. The number of thioether (sulfide) groups is 1. The zero-order valence-electron chi connectivity index (χ0n) is 12.7. The molecule has 0 aliphatic heterocycles. The molecule has 0 radical (unpaired) electrons. The van der Waals surface area contributed by atoms with Crippen molar-refractivity contribution >= 4 is 23.4 Å². The molecule has 2 rings (SSSR count). The van der Waals surface area contributed by atoms with Crippen LogP contribution in [0.2, 0.25) is 0 Å². The summed E-state index contributed by atoms with van der Waals surface area (Å²) in [5.74, 6) is -1.45. The monoisotopic (exact) mass is 346 g/mol. The van der Waals surface area contributed by atoms with Gasteiger partial charge in [0.05, 0.1) is 0 Å². The maximum Gasteiger partial charge on any atom is 0.248 e. The van der Waals surface area contributed by atoms with Crippen molar-refractivity contribution < 1.29 is 13.6 Å². The molecule has 0 saturated heterocycles. The molecule has 0 spiro atoms. The predicted molar refractivity (Wildman–Crippen MR) is 92.9 cm³/mol. The minimum absolute atomic E-state index is 0.325. The predicted octanol–water partition coefficient (Wildman–Crippen LogP) is 4.06. The van der Waals surface area contributed by atoms with E-state index in [1.165, 1.54) is 23.9 Å². The summed E-state index contributed by atoms with van der Waals surface area (Å²) >= 11 is 1.24. The van der Waals surface area contributed by atoms with Crippen LogP contribution in [0, 0.1) is 11.6 Å². The topological polar surface area (TPSA) is 69.1 Å². The molecule has 2 aromatic carbocycles. The molecule has 0 atom stereocenters. The number of anilines is 1. The molecule has 2 aromatic rings. The fourth-order valence-electron chi connectivity index (χ4n) is 1.90. The number of primary amides is 1. The van der Waals surface area contributed by atoms with Gasteiger partial charge in [-0.25, -0.2) is 8.78 Å². The van der Waals surface area contributed by atoms with Gasteiger partial charge in [0.15, 0.2) is 0 Å². The van der Waals surface area contributed by atoms with Gasteiger partial charge in [0, 0.05) is 28.0 Å². The SMILES string of the molecule is NC(=O)c1ccccc(N)ccc(CSc2cc(F)cc(F)c2)c1. The summed E-state index contributed by atoms with van der Waals surface area (Å²) in [5.41, 5.74) is 12.8. The first kappa shape index (κ1) is 17.7. The van der Waals surface area contributed by atoms with Gasteiger partial charge in [-0.05, 0) is 42.0 Å². The largest absolute Gasteiger partial charge is 0.399 e. The van der Waals surface area contributed by atoms with Crippen molar-refractivity contribution in [1.82, 2.24) is 0 Å². The Morgan fingerprint density at radius 3 is 2.29 bits per heavy atom. The molecule has 0 unspecified atom stereocenters. The lowest BCUT2D eigenvalue weighted by Gasteiger charge is -2.03. The van der Waals surface area contributed by atoms with Crippen LogP contribution in [0.1, 0.15) is 15.9 Å². The summed E-state index contributed by atoms with van der Waals surface area (Å²) < 4.78 is 26.5. The van der Waals surface area contributed by atoms with Crippen molar-refractivity contribution in [3.8, 4) is 0 Å². The third-order valence-corrected chi connectivity index (χ3v) is 4.08. The van der Waals surface area contributed by atoms with Crippen LogP contribution in [0.3, 0.4) is 0 Å². The maximum absolute atomic E-state index is 13.2. The number of halogens is 2. The Morgan fingerprint density at radius 2 is 1.62 bits per heavy atom. The highest BCUT2D eigenvalue weighted by Gasteiger charge is 2.03. The summed E-state index contributed by atoms with van der Waals surface area (Å²) in [7, 11) is 0. The van der Waals surface area contributed by atoms with Crippen molar-refractivity contribution in [3.05, 3.63) is 83.4 Å². The van der Waals surface area contributed by atoms with E-state index < -0.39 is 17.5 Å². The van der Waals surface area contributed by atoms with Gasteiger partial charge in [-0.15, -0.1) is 11.8 Å². The van der Waals surface area contributed by atoms with E-state index in [4.69, 9.17) is 11.5 Å². The van der Waals surface area contributed by atoms with E-state index in [9.17, 15) is 13.6 Å². The van der Waals surface area contributed by atoms with Gasteiger partial charge in [-0.1, -0.05) is 18.2 Å². The highest BCUT2D eigenvalue weighted by Crippen LogP contribution is 2.24. The number of hydrogen-bond donors (Lipinski definition) is 2. The van der Waals surface area contributed by atoms with Crippen LogP contribution in [0.15, 0.2) is 65.6 Å². The van der Waals surface area contributed by atoms with Gasteiger partial charge in [0.25, 0.3) is 0 Å². The maximum atomic E-state index is 13.2. The number of carbonyl (C=O) groups excluding carboxylic acids is 1. The Bertz CT molecular complexity index is 790. The van der Waals surface area contributed by atoms with Crippen LogP contribution in [-0.4, -0.2) is 5.91 Å². The summed E-state index contributed by atoms with van der Waals surface area (Å²) in [4.78, 5) is 11.9. The number of amides is 1. The van der Waals surface area contributed by atoms with Crippen LogP contribution in [0.25, 0.3) is 0 Å². The molecule has 3 nitrogen and oxygen atoms in total. The van der Waals surface area contributed by atoms with Crippen LogP contribution in [-0.2, 0) is 5.75 Å². The van der Waals surface area contributed by atoms with Crippen LogP contribution in [0.5, 0.6) is 0 Å². The average molecular weight is 346 g/mol. The minimum atomic E-state index is -0.636. The summed E-state index contributed by atoms with van der Waals surface area (Å²) in [6.07, 6.45) is 0. The molecule has 0 saturated carbocycles. The fraction of sp³-hybridized carbons (Fsp3) is 0.0556. The van der Waals surface area contributed by atoms with Crippen LogP contribution in [0.4, 0.5) is 14.5 Å². The molecule has 24 heavy (non-hydrogen) atoms. The zero-order valence-corrected chi connectivity index (χ0v) is 13.5. The first-order valence-corrected chi connectivity index (χ1v) is 8.04. The third-order valence-electron chi connectivity index (χ3n) is 3.03. The Hall–Kier alpha value is -2.60. The Labute approximate surface area is 143 Å². The molecule has 0 aliphatic rings. The van der Waals surface area contributed by atoms with Crippen molar-refractivity contribution in [1.29, 1.82) is 0 Å².